The molecular formula is C20H22O3. The summed E-state index contributed by atoms with van der Waals surface area (Å²) in [4.78, 5) is 12.2. The largest absolute Gasteiger partial charge is 0.507 e. The Morgan fingerprint density at radius 2 is 1.91 bits per heavy atom. The predicted octanol–water partition coefficient (Wildman–Crippen LogP) is 4.81. The topological polar surface area (TPSA) is 46.5 Å². The quantitative estimate of drug-likeness (QED) is 0.779. The van der Waals surface area contributed by atoms with E-state index < -0.39 is 5.97 Å². The van der Waals surface area contributed by atoms with Crippen molar-refractivity contribution in [2.24, 2.45) is 5.92 Å². The van der Waals surface area contributed by atoms with Gasteiger partial charge in [-0.05, 0) is 35.6 Å². The fraction of sp³-hybridized carbons (Fsp3) is 0.250. The van der Waals surface area contributed by atoms with Gasteiger partial charge in [-0.15, -0.1) is 0 Å². The summed E-state index contributed by atoms with van der Waals surface area (Å²) < 4.78 is 5.27. The van der Waals surface area contributed by atoms with E-state index in [2.05, 4.69) is 19.9 Å². The number of phenols is 1. The number of carbonyl (C=O) groups excluding carboxylic acids is 1. The molecule has 0 fully saturated rings. The third kappa shape index (κ3) is 5.29. The van der Waals surface area contributed by atoms with Gasteiger partial charge in [-0.1, -0.05) is 62.4 Å². The molecular weight excluding hydrogens is 288 g/mol. The summed E-state index contributed by atoms with van der Waals surface area (Å²) in [6.45, 7) is 4.48. The molecule has 0 aliphatic rings. The fourth-order valence-electron chi connectivity index (χ4n) is 2.10. The predicted molar refractivity (Wildman–Crippen MR) is 92.2 cm³/mol. The number of ether oxygens (including phenoxy) is 1. The van der Waals surface area contributed by atoms with Gasteiger partial charge in [-0.3, -0.25) is 0 Å². The number of allylic oxidation sites excluding steroid dienone is 1. The molecule has 0 aromatic heterocycles. The summed E-state index contributed by atoms with van der Waals surface area (Å²) in [5, 5.41) is 9.89. The van der Waals surface area contributed by atoms with Gasteiger partial charge >= 0.3 is 5.97 Å². The highest BCUT2D eigenvalue weighted by Crippen LogP contribution is 2.21. The first kappa shape index (κ1) is 16.8. The normalized spacial score (nSPS) is 11.1. The maximum Gasteiger partial charge on any atom is 0.342 e. The molecule has 0 heterocycles. The highest BCUT2D eigenvalue weighted by Gasteiger charge is 2.13. The van der Waals surface area contributed by atoms with E-state index in [-0.39, 0.29) is 17.9 Å². The van der Waals surface area contributed by atoms with Crippen LogP contribution in [0.2, 0.25) is 0 Å². The van der Waals surface area contributed by atoms with Gasteiger partial charge in [-0.2, -0.15) is 0 Å². The third-order valence-corrected chi connectivity index (χ3v) is 3.37. The van der Waals surface area contributed by atoms with Crippen molar-refractivity contribution in [1.29, 1.82) is 0 Å². The molecule has 0 aliphatic heterocycles. The van der Waals surface area contributed by atoms with Crippen LogP contribution in [0.4, 0.5) is 0 Å². The Bertz CT molecular complexity index is 673. The van der Waals surface area contributed by atoms with Crippen LogP contribution in [-0.2, 0) is 11.3 Å². The third-order valence-electron chi connectivity index (χ3n) is 3.37. The van der Waals surface area contributed by atoms with Crippen molar-refractivity contribution in [3.05, 3.63) is 71.3 Å². The second-order valence-corrected chi connectivity index (χ2v) is 5.87. The van der Waals surface area contributed by atoms with Crippen LogP contribution in [0.3, 0.4) is 0 Å². The number of esters is 1. The van der Waals surface area contributed by atoms with Crippen LogP contribution in [0.1, 0.15) is 41.8 Å². The molecule has 0 saturated heterocycles. The van der Waals surface area contributed by atoms with Crippen molar-refractivity contribution in [2.45, 2.75) is 26.9 Å². The zero-order valence-electron chi connectivity index (χ0n) is 13.5. The minimum atomic E-state index is -0.523. The van der Waals surface area contributed by atoms with E-state index in [1.807, 2.05) is 36.4 Å². The molecule has 0 bridgehead atoms. The maximum atomic E-state index is 12.2. The molecule has 120 valence electrons. The van der Waals surface area contributed by atoms with Gasteiger partial charge in [0, 0.05) is 0 Å². The molecule has 2 aromatic carbocycles. The number of phenolic OH excluding ortho intramolecular Hbond substituents is 1. The van der Waals surface area contributed by atoms with Crippen molar-refractivity contribution < 1.29 is 14.6 Å². The zero-order chi connectivity index (χ0) is 16.7. The van der Waals surface area contributed by atoms with Gasteiger partial charge < -0.3 is 9.84 Å². The summed E-state index contributed by atoms with van der Waals surface area (Å²) in [6.07, 6.45) is 4.98. The Morgan fingerprint density at radius 1 is 1.17 bits per heavy atom. The van der Waals surface area contributed by atoms with E-state index in [0.717, 1.165) is 17.5 Å². The molecule has 2 aromatic rings. The molecule has 0 unspecified atom stereocenters. The van der Waals surface area contributed by atoms with Gasteiger partial charge in [0.05, 0.1) is 0 Å². The molecule has 0 saturated carbocycles. The van der Waals surface area contributed by atoms with E-state index in [1.54, 1.807) is 12.1 Å². The van der Waals surface area contributed by atoms with Gasteiger partial charge in [0.15, 0.2) is 0 Å². The van der Waals surface area contributed by atoms with E-state index >= 15 is 0 Å². The number of hydrogen-bond acceptors (Lipinski definition) is 3. The van der Waals surface area contributed by atoms with Crippen molar-refractivity contribution in [3.8, 4) is 5.75 Å². The Labute approximate surface area is 137 Å². The second-order valence-electron chi connectivity index (χ2n) is 5.87. The van der Waals surface area contributed by atoms with Crippen LogP contribution in [0.25, 0.3) is 6.08 Å². The van der Waals surface area contributed by atoms with E-state index in [0.29, 0.717) is 5.92 Å². The summed E-state index contributed by atoms with van der Waals surface area (Å²) in [5.74, 6) is -0.00629. The highest BCUT2D eigenvalue weighted by molar-refractivity contribution is 5.93. The molecule has 0 atom stereocenters. The minimum Gasteiger partial charge on any atom is -0.507 e. The van der Waals surface area contributed by atoms with Gasteiger partial charge in [0.2, 0.25) is 0 Å². The summed E-state index contributed by atoms with van der Waals surface area (Å²) in [7, 11) is 0. The first-order valence-corrected chi connectivity index (χ1v) is 7.77. The van der Waals surface area contributed by atoms with Crippen molar-refractivity contribution in [3.63, 3.8) is 0 Å². The molecule has 3 heteroatoms. The van der Waals surface area contributed by atoms with Gasteiger partial charge in [0.1, 0.15) is 17.9 Å². The number of benzene rings is 2. The first-order valence-electron chi connectivity index (χ1n) is 7.77. The SMILES string of the molecule is CC(C)C/C=C/c1ccc(O)c(C(=O)OCc2ccccc2)c1. The van der Waals surface area contributed by atoms with Crippen molar-refractivity contribution >= 4 is 12.0 Å². The molecule has 2 rings (SSSR count). The lowest BCUT2D eigenvalue weighted by molar-refractivity contribution is 0.0469. The van der Waals surface area contributed by atoms with Crippen molar-refractivity contribution in [1.82, 2.24) is 0 Å². The standard InChI is InChI=1S/C20H22O3/c1-15(2)7-6-10-16-11-12-19(21)18(13-16)20(22)23-14-17-8-4-3-5-9-17/h3-6,8-13,15,21H,7,14H2,1-2H3/b10-6+. The number of hydrogen-bond donors (Lipinski definition) is 1. The Balaban J connectivity index is 2.05. The summed E-state index contributed by atoms with van der Waals surface area (Å²) in [5.41, 5.74) is 1.97. The van der Waals surface area contributed by atoms with Gasteiger partial charge in [0.25, 0.3) is 0 Å². The lowest BCUT2D eigenvalue weighted by atomic mass is 10.1. The number of carbonyl (C=O) groups is 1. The van der Waals surface area contributed by atoms with Crippen LogP contribution in [0.5, 0.6) is 5.75 Å². The Hall–Kier alpha value is -2.55. The molecule has 23 heavy (non-hydrogen) atoms. The average molecular weight is 310 g/mol. The maximum absolute atomic E-state index is 12.2. The lowest BCUT2D eigenvalue weighted by Gasteiger charge is -2.07. The molecule has 1 N–H and O–H groups in total. The number of rotatable bonds is 6. The number of aromatic hydroxyl groups is 1. The zero-order valence-corrected chi connectivity index (χ0v) is 13.5. The Morgan fingerprint density at radius 3 is 2.61 bits per heavy atom. The van der Waals surface area contributed by atoms with Crippen LogP contribution < -0.4 is 0 Å². The molecule has 3 nitrogen and oxygen atoms in total. The molecule has 0 radical (unpaired) electrons. The monoisotopic (exact) mass is 310 g/mol. The van der Waals surface area contributed by atoms with Crippen LogP contribution >= 0.6 is 0 Å². The summed E-state index contributed by atoms with van der Waals surface area (Å²) in [6, 6.07) is 14.4. The average Bonchev–Trinajstić information content (AvgIpc) is 2.55. The van der Waals surface area contributed by atoms with E-state index in [1.165, 1.54) is 6.07 Å². The van der Waals surface area contributed by atoms with E-state index in [4.69, 9.17) is 4.74 Å². The first-order chi connectivity index (χ1) is 11.1. The summed E-state index contributed by atoms with van der Waals surface area (Å²) >= 11 is 0. The minimum absolute atomic E-state index is 0.0657. The van der Waals surface area contributed by atoms with Crippen LogP contribution in [0.15, 0.2) is 54.6 Å². The lowest BCUT2D eigenvalue weighted by Crippen LogP contribution is -2.05. The molecule has 0 amide bonds. The highest BCUT2D eigenvalue weighted by atomic mass is 16.5. The van der Waals surface area contributed by atoms with Crippen LogP contribution in [-0.4, -0.2) is 11.1 Å². The van der Waals surface area contributed by atoms with Crippen molar-refractivity contribution in [2.75, 3.05) is 0 Å². The second kappa shape index (κ2) is 8.18. The van der Waals surface area contributed by atoms with E-state index in [9.17, 15) is 9.90 Å². The fourth-order valence-corrected chi connectivity index (χ4v) is 2.10. The molecule has 0 spiro atoms. The Kier molecular flexibility index (Phi) is 5.98. The molecule has 0 aliphatic carbocycles. The smallest absolute Gasteiger partial charge is 0.342 e. The van der Waals surface area contributed by atoms with Crippen LogP contribution in [0, 0.1) is 5.92 Å². The van der Waals surface area contributed by atoms with Gasteiger partial charge in [-0.25, -0.2) is 4.79 Å².